The van der Waals surface area contributed by atoms with E-state index in [0.717, 1.165) is 0 Å². The Morgan fingerprint density at radius 1 is 1.08 bits per heavy atom. The highest BCUT2D eigenvalue weighted by atomic mass is 32.2. The second-order valence-corrected chi connectivity index (χ2v) is 2.80. The zero-order valence-electron chi connectivity index (χ0n) is 5.88. The number of rotatable bonds is 2. The molecule has 0 spiro atoms. The Labute approximate surface area is 72.1 Å². The summed E-state index contributed by atoms with van der Waals surface area (Å²) < 4.78 is 37.1. The third-order valence-electron chi connectivity index (χ3n) is 0.998. The second-order valence-electron chi connectivity index (χ2n) is 1.96. The van der Waals surface area contributed by atoms with Crippen LogP contribution in [0, 0.1) is 0 Å². The second kappa shape index (κ2) is 3.82. The Kier molecular flexibility index (Phi) is 2.99. The Balaban J connectivity index is 2.44. The van der Waals surface area contributed by atoms with Crippen molar-refractivity contribution in [3.8, 4) is 0 Å². The van der Waals surface area contributed by atoms with Crippen LogP contribution in [0.15, 0.2) is 35.2 Å². The van der Waals surface area contributed by atoms with Crippen molar-refractivity contribution in [3.63, 3.8) is 0 Å². The molecule has 0 aromatic heterocycles. The normalized spacial score (nSPS) is 11.6. The van der Waals surface area contributed by atoms with Gasteiger partial charge in [0.25, 0.3) is 0 Å². The Bertz CT molecular complexity index is 234. The number of nitrogens with zero attached hydrogens (tertiary/aromatic N) is 1. The summed E-state index contributed by atoms with van der Waals surface area (Å²) in [6.45, 7) is 0. The van der Waals surface area contributed by atoms with Gasteiger partial charge in [0.1, 0.15) is 0 Å². The molecule has 0 aliphatic heterocycles. The maximum Gasteiger partial charge on any atom is 0.319 e. The summed E-state index contributed by atoms with van der Waals surface area (Å²) in [4.78, 5) is 0.481. The lowest BCUT2D eigenvalue weighted by molar-refractivity contribution is -0.0836. The van der Waals surface area contributed by atoms with Crippen LogP contribution in [-0.4, -0.2) is 6.30 Å². The predicted octanol–water partition coefficient (Wildman–Crippen LogP) is 3.59. The molecule has 5 heteroatoms. The molecular formula is C7H5F3NS-. The average Bonchev–Trinajstić information content (AvgIpc) is 2.02. The van der Waals surface area contributed by atoms with Crippen molar-refractivity contribution in [2.45, 2.75) is 11.2 Å². The van der Waals surface area contributed by atoms with Gasteiger partial charge in [0.15, 0.2) is 0 Å². The topological polar surface area (TPSA) is 14.1 Å². The standard InChI is InChI=1S/C7H5F3NS/c8-7(9,10)11-12-6-4-2-1-3-5-6/h1-5H/q-1. The summed E-state index contributed by atoms with van der Waals surface area (Å²) in [5, 5.41) is 0. The lowest BCUT2D eigenvalue weighted by atomic mass is 10.4. The molecular weight excluding hydrogens is 187 g/mol. The first kappa shape index (κ1) is 9.41. The van der Waals surface area contributed by atoms with Crippen LogP contribution in [0.25, 0.3) is 4.72 Å². The number of benzene rings is 1. The van der Waals surface area contributed by atoms with Gasteiger partial charge < -0.3 is 4.72 Å². The van der Waals surface area contributed by atoms with Crippen molar-refractivity contribution in [3.05, 3.63) is 35.1 Å². The molecule has 0 fully saturated rings. The lowest BCUT2D eigenvalue weighted by Gasteiger charge is -2.22. The minimum absolute atomic E-state index is 0.427. The maximum absolute atomic E-state index is 11.6. The van der Waals surface area contributed by atoms with E-state index in [0.29, 0.717) is 16.8 Å². The highest BCUT2D eigenvalue weighted by Crippen LogP contribution is 2.34. The molecule has 0 amide bonds. The zero-order chi connectivity index (χ0) is 9.03. The number of hydrogen-bond acceptors (Lipinski definition) is 1. The summed E-state index contributed by atoms with van der Waals surface area (Å²) >= 11 is 0.427. The van der Waals surface area contributed by atoms with E-state index >= 15 is 0 Å². The highest BCUT2D eigenvalue weighted by Gasteiger charge is 2.12. The Morgan fingerprint density at radius 2 is 1.67 bits per heavy atom. The summed E-state index contributed by atoms with van der Waals surface area (Å²) in [7, 11) is 0. The van der Waals surface area contributed by atoms with Gasteiger partial charge in [0.05, 0.1) is 0 Å². The molecule has 0 saturated carbocycles. The third-order valence-corrected chi connectivity index (χ3v) is 1.78. The fourth-order valence-corrected chi connectivity index (χ4v) is 1.07. The van der Waals surface area contributed by atoms with Crippen molar-refractivity contribution >= 4 is 11.9 Å². The number of hydrogen-bond donors (Lipinski definition) is 0. The summed E-state index contributed by atoms with van der Waals surface area (Å²) in [5.74, 6) is 0. The van der Waals surface area contributed by atoms with Crippen LogP contribution in [0.4, 0.5) is 13.2 Å². The fourth-order valence-electron chi connectivity index (χ4n) is 0.586. The van der Waals surface area contributed by atoms with Gasteiger partial charge in [-0.2, -0.15) is 13.2 Å². The third kappa shape index (κ3) is 3.64. The molecule has 0 atom stereocenters. The quantitative estimate of drug-likeness (QED) is 0.516. The van der Waals surface area contributed by atoms with Gasteiger partial charge in [-0.05, 0) is 4.90 Å². The monoisotopic (exact) mass is 192 g/mol. The summed E-state index contributed by atoms with van der Waals surface area (Å²) in [5.41, 5.74) is 0. The van der Waals surface area contributed by atoms with Gasteiger partial charge in [0, 0.05) is 0 Å². The van der Waals surface area contributed by atoms with Crippen molar-refractivity contribution in [1.82, 2.24) is 0 Å². The number of alkyl halides is 3. The molecule has 0 heterocycles. The van der Waals surface area contributed by atoms with Crippen LogP contribution in [0.5, 0.6) is 0 Å². The van der Waals surface area contributed by atoms with Crippen LogP contribution in [-0.2, 0) is 0 Å². The number of halogens is 3. The van der Waals surface area contributed by atoms with E-state index in [-0.39, 0.29) is 0 Å². The van der Waals surface area contributed by atoms with Gasteiger partial charge in [0.2, 0.25) is 0 Å². The van der Waals surface area contributed by atoms with E-state index < -0.39 is 6.30 Å². The molecule has 12 heavy (non-hydrogen) atoms. The summed E-state index contributed by atoms with van der Waals surface area (Å²) in [6.07, 6.45) is -4.46. The first-order chi connectivity index (χ1) is 5.58. The minimum atomic E-state index is -4.46. The molecule has 66 valence electrons. The van der Waals surface area contributed by atoms with Gasteiger partial charge in [-0.15, -0.1) is 0 Å². The van der Waals surface area contributed by atoms with E-state index in [9.17, 15) is 13.2 Å². The molecule has 0 aliphatic rings. The van der Waals surface area contributed by atoms with E-state index in [1.165, 1.54) is 0 Å². The van der Waals surface area contributed by atoms with Crippen LogP contribution in [0.3, 0.4) is 0 Å². The van der Waals surface area contributed by atoms with E-state index in [1.807, 2.05) is 0 Å². The molecule has 1 nitrogen and oxygen atoms in total. The largest absolute Gasteiger partial charge is 0.510 e. The summed E-state index contributed by atoms with van der Waals surface area (Å²) in [6, 6.07) is 8.19. The van der Waals surface area contributed by atoms with Gasteiger partial charge in [-0.25, -0.2) is 11.9 Å². The smallest absolute Gasteiger partial charge is 0.319 e. The van der Waals surface area contributed by atoms with Gasteiger partial charge in [-0.1, -0.05) is 30.3 Å². The maximum atomic E-state index is 11.6. The molecule has 0 bridgehead atoms. The Hall–Kier alpha value is -0.680. The first-order valence-corrected chi connectivity index (χ1v) is 3.86. The zero-order valence-corrected chi connectivity index (χ0v) is 6.69. The van der Waals surface area contributed by atoms with Crippen molar-refractivity contribution in [2.75, 3.05) is 0 Å². The first-order valence-electron chi connectivity index (χ1n) is 3.09. The van der Waals surface area contributed by atoms with Gasteiger partial charge in [-0.3, -0.25) is 0 Å². The van der Waals surface area contributed by atoms with Crippen LogP contribution < -0.4 is 0 Å². The molecule has 0 radical (unpaired) electrons. The molecule has 1 aromatic carbocycles. The van der Waals surface area contributed by atoms with Crippen molar-refractivity contribution < 1.29 is 13.2 Å². The van der Waals surface area contributed by atoms with Crippen LogP contribution in [0.1, 0.15) is 0 Å². The van der Waals surface area contributed by atoms with Crippen molar-refractivity contribution in [2.24, 2.45) is 0 Å². The average molecular weight is 192 g/mol. The van der Waals surface area contributed by atoms with Gasteiger partial charge >= 0.3 is 6.30 Å². The minimum Gasteiger partial charge on any atom is -0.510 e. The molecule has 0 N–H and O–H groups in total. The van der Waals surface area contributed by atoms with E-state index in [1.54, 1.807) is 30.3 Å². The molecule has 1 rings (SSSR count). The molecule has 0 saturated heterocycles. The SMILES string of the molecule is FC(F)(F)[N-]Sc1ccccc1. The van der Waals surface area contributed by atoms with Crippen LogP contribution in [0.2, 0.25) is 0 Å². The molecule has 1 aromatic rings. The lowest BCUT2D eigenvalue weighted by Crippen LogP contribution is -2.00. The molecule has 0 aliphatic carbocycles. The van der Waals surface area contributed by atoms with Crippen LogP contribution >= 0.6 is 11.9 Å². The van der Waals surface area contributed by atoms with E-state index in [4.69, 9.17) is 0 Å². The molecule has 0 unspecified atom stereocenters. The highest BCUT2D eigenvalue weighted by molar-refractivity contribution is 8.01. The predicted molar refractivity (Wildman–Crippen MR) is 41.7 cm³/mol. The van der Waals surface area contributed by atoms with Crippen molar-refractivity contribution in [1.29, 1.82) is 0 Å². The Morgan fingerprint density at radius 3 is 2.17 bits per heavy atom. The fraction of sp³-hybridized carbons (Fsp3) is 0.143. The van der Waals surface area contributed by atoms with E-state index in [2.05, 4.69) is 4.72 Å².